The van der Waals surface area contributed by atoms with Crippen LogP contribution < -0.4 is 9.47 Å². The molecule has 1 aromatic carbocycles. The Labute approximate surface area is 266 Å². The summed E-state index contributed by atoms with van der Waals surface area (Å²) in [5, 5.41) is 20.7. The zero-order chi connectivity index (χ0) is 32.7. The normalized spacial score (nSPS) is 15.4. The molecular weight excluding hydrogens is 626 g/mol. The lowest BCUT2D eigenvalue weighted by molar-refractivity contribution is -1.10. The topological polar surface area (TPSA) is 158 Å². The summed E-state index contributed by atoms with van der Waals surface area (Å²) in [5.41, 5.74) is 1.26. The van der Waals surface area contributed by atoms with Crippen LogP contribution in [0.2, 0.25) is 5.02 Å². The van der Waals surface area contributed by atoms with Crippen LogP contribution in [0, 0.1) is 0 Å². The molecule has 0 unspecified atom stereocenters. The number of hydrogen-bond acceptors (Lipinski definition) is 11. The third-order valence-electron chi connectivity index (χ3n) is 7.55. The molecule has 4 heterocycles. The number of ether oxygens (including phenoxy) is 3. The molecule has 0 bridgehead atoms. The second kappa shape index (κ2) is 12.2. The van der Waals surface area contributed by atoms with Crippen LogP contribution in [0.5, 0.6) is 11.5 Å². The van der Waals surface area contributed by atoms with E-state index in [2.05, 4.69) is 20.2 Å². The molecule has 0 atom stereocenters. The van der Waals surface area contributed by atoms with E-state index in [9.17, 15) is 18.4 Å². The number of quaternary nitrogens is 1. The van der Waals surface area contributed by atoms with Gasteiger partial charge in [-0.2, -0.15) is 9.63 Å². The Morgan fingerprint density at radius 2 is 1.78 bits per heavy atom. The zero-order valence-corrected chi connectivity index (χ0v) is 27.6. The molecular formula is C29H37ClN7O7S+. The maximum Gasteiger partial charge on any atom is 0.410 e. The lowest BCUT2D eigenvalue weighted by Crippen LogP contribution is -2.59. The average molecular weight is 663 g/mol. The number of carbonyl (C=O) groups excluding carboxylic acids is 1. The highest BCUT2D eigenvalue weighted by Crippen LogP contribution is 2.41. The van der Waals surface area contributed by atoms with Crippen LogP contribution in [0.25, 0.3) is 27.8 Å². The van der Waals surface area contributed by atoms with E-state index >= 15 is 0 Å². The molecule has 1 fully saturated rings. The summed E-state index contributed by atoms with van der Waals surface area (Å²) in [6.45, 7) is 7.29. The molecule has 1 amide bonds. The van der Waals surface area contributed by atoms with Crippen molar-refractivity contribution in [2.24, 2.45) is 0 Å². The Morgan fingerprint density at radius 1 is 1.07 bits per heavy atom. The summed E-state index contributed by atoms with van der Waals surface area (Å²) in [5.74, 6) is 1.42. The quantitative estimate of drug-likeness (QED) is 0.216. The molecule has 3 aromatic heterocycles. The van der Waals surface area contributed by atoms with Crippen molar-refractivity contribution in [2.45, 2.75) is 44.4 Å². The van der Waals surface area contributed by atoms with Crippen molar-refractivity contribution in [1.29, 1.82) is 0 Å². The number of benzene rings is 1. The van der Waals surface area contributed by atoms with Crippen molar-refractivity contribution in [3.63, 3.8) is 0 Å². The fraction of sp³-hybridized carbons (Fsp3) is 0.483. The van der Waals surface area contributed by atoms with Gasteiger partial charge in [0, 0.05) is 47.9 Å². The third kappa shape index (κ3) is 6.90. The van der Waals surface area contributed by atoms with Gasteiger partial charge in [-0.3, -0.25) is 9.30 Å². The lowest BCUT2D eigenvalue weighted by atomic mass is 10.0. The Balaban J connectivity index is 1.48. The van der Waals surface area contributed by atoms with Gasteiger partial charge in [-0.15, -0.1) is 10.2 Å². The van der Waals surface area contributed by atoms with Gasteiger partial charge >= 0.3 is 6.09 Å². The molecule has 5 rings (SSSR count). The van der Waals surface area contributed by atoms with Gasteiger partial charge in [0.05, 0.1) is 32.3 Å². The van der Waals surface area contributed by atoms with Gasteiger partial charge in [-0.1, -0.05) is 11.6 Å². The van der Waals surface area contributed by atoms with E-state index in [0.29, 0.717) is 95.7 Å². The third-order valence-corrected chi connectivity index (χ3v) is 8.80. The van der Waals surface area contributed by atoms with E-state index in [1.54, 1.807) is 27.5 Å². The lowest BCUT2D eigenvalue weighted by Gasteiger charge is -2.38. The molecule has 1 aliphatic heterocycles. The first-order valence-corrected chi connectivity index (χ1v) is 16.6. The number of nitrogens with zero attached hydrogens (tertiary/aromatic N) is 7. The zero-order valence-electron chi connectivity index (χ0n) is 26.1. The summed E-state index contributed by atoms with van der Waals surface area (Å²) in [6.07, 6.45) is 3.00. The van der Waals surface area contributed by atoms with Gasteiger partial charge < -0.3 is 14.2 Å². The van der Waals surface area contributed by atoms with Crippen LogP contribution in [-0.2, 0) is 21.0 Å². The minimum atomic E-state index is -3.71. The number of methoxy groups -OCH3 is 2. The number of piperazine rings is 1. The Morgan fingerprint density at radius 3 is 2.40 bits per heavy atom. The second-order valence-electron chi connectivity index (χ2n) is 12.1. The maximum absolute atomic E-state index is 12.5. The number of aryl methyl sites for hydroxylation is 1. The van der Waals surface area contributed by atoms with Gasteiger partial charge in [-0.25, -0.2) is 23.4 Å². The minimum Gasteiger partial charge on any atom is -0.497 e. The molecule has 1 aliphatic rings. The molecule has 1 saturated heterocycles. The monoisotopic (exact) mass is 662 g/mol. The molecule has 0 radical (unpaired) electrons. The standard InChI is InChI=1S/C29H37ClN7O7S/c1-29(2,3)44-28(38)35-9-12-37(39,13-10-35)11-7-8-23-33-34-26-21(20-15-19(42-4)16-22(43-5)24(20)30)14-18-17-31-27(45(6,40)41)32-25(18)36(23)26/h14-17,39H,7-13H2,1-6H3/q+1. The Hall–Kier alpha value is -3.79. The molecule has 1 N–H and O–H groups in total. The van der Waals surface area contributed by atoms with Crippen molar-refractivity contribution < 1.29 is 37.3 Å². The highest BCUT2D eigenvalue weighted by Gasteiger charge is 2.35. The number of halogens is 1. The summed E-state index contributed by atoms with van der Waals surface area (Å²) in [6, 6.07) is 5.19. The van der Waals surface area contributed by atoms with E-state index in [1.807, 2.05) is 20.8 Å². The molecule has 242 valence electrons. The van der Waals surface area contributed by atoms with E-state index < -0.39 is 21.5 Å². The van der Waals surface area contributed by atoms with Gasteiger partial charge in [0.1, 0.15) is 42.6 Å². The summed E-state index contributed by atoms with van der Waals surface area (Å²) >= 11 is 6.75. The number of pyridine rings is 1. The molecule has 0 aliphatic carbocycles. The first kappa shape index (κ1) is 32.6. The van der Waals surface area contributed by atoms with Crippen molar-refractivity contribution in [2.75, 3.05) is 53.2 Å². The Bertz CT molecular complexity index is 1870. The highest BCUT2D eigenvalue weighted by atomic mass is 35.5. The summed E-state index contributed by atoms with van der Waals surface area (Å²) in [7, 11) is -0.672. The number of aromatic nitrogens is 5. The number of amides is 1. The van der Waals surface area contributed by atoms with Gasteiger partial charge in [0.15, 0.2) is 11.3 Å². The van der Waals surface area contributed by atoms with Gasteiger partial charge in [0.25, 0.3) is 0 Å². The van der Waals surface area contributed by atoms with Crippen LogP contribution in [-0.4, -0.2) is 113 Å². The van der Waals surface area contributed by atoms with E-state index in [4.69, 9.17) is 25.8 Å². The maximum atomic E-state index is 12.5. The van der Waals surface area contributed by atoms with Crippen molar-refractivity contribution in [3.8, 4) is 22.6 Å². The van der Waals surface area contributed by atoms with Crippen LogP contribution in [0.15, 0.2) is 29.6 Å². The Kier molecular flexibility index (Phi) is 8.83. The number of carbonyl (C=O) groups is 1. The largest absolute Gasteiger partial charge is 0.497 e. The first-order chi connectivity index (χ1) is 21.1. The fourth-order valence-electron chi connectivity index (χ4n) is 5.26. The number of hydrogen-bond donors (Lipinski definition) is 1. The molecule has 16 heteroatoms. The second-order valence-corrected chi connectivity index (χ2v) is 14.4. The average Bonchev–Trinajstić information content (AvgIpc) is 3.40. The predicted octanol–water partition coefficient (Wildman–Crippen LogP) is 3.80. The SMILES string of the molecule is COc1cc(OC)c(Cl)c(-c2cc3cnc(S(C)(=O)=O)nc3n3c(CCC[N+]4(O)CCN(C(=O)OC(C)(C)C)CC4)nnc23)c1. The van der Waals surface area contributed by atoms with Crippen LogP contribution in [0.1, 0.15) is 33.0 Å². The first-order valence-electron chi connectivity index (χ1n) is 14.3. The summed E-state index contributed by atoms with van der Waals surface area (Å²) in [4.78, 5) is 22.5. The molecule has 0 saturated carbocycles. The summed E-state index contributed by atoms with van der Waals surface area (Å²) < 4.78 is 42.6. The number of fused-ring (bicyclic) bond motifs is 3. The molecule has 0 spiro atoms. The molecule has 45 heavy (non-hydrogen) atoms. The number of sulfone groups is 1. The van der Waals surface area contributed by atoms with Crippen LogP contribution in [0.4, 0.5) is 4.79 Å². The number of hydroxylamine groups is 3. The van der Waals surface area contributed by atoms with Gasteiger partial charge in [0.2, 0.25) is 15.0 Å². The van der Waals surface area contributed by atoms with Crippen molar-refractivity contribution in [3.05, 3.63) is 35.2 Å². The highest BCUT2D eigenvalue weighted by molar-refractivity contribution is 7.90. The van der Waals surface area contributed by atoms with Crippen molar-refractivity contribution in [1.82, 2.24) is 29.5 Å². The van der Waals surface area contributed by atoms with Crippen LogP contribution >= 0.6 is 11.6 Å². The molecule has 14 nitrogen and oxygen atoms in total. The van der Waals surface area contributed by atoms with E-state index in [0.717, 1.165) is 6.26 Å². The minimum absolute atomic E-state index is 0.207. The van der Waals surface area contributed by atoms with E-state index in [1.165, 1.54) is 20.4 Å². The van der Waals surface area contributed by atoms with Crippen LogP contribution in [0.3, 0.4) is 0 Å². The fourth-order valence-corrected chi connectivity index (χ4v) is 6.04. The van der Waals surface area contributed by atoms with Gasteiger partial charge in [-0.05, 0) is 32.9 Å². The number of rotatable bonds is 8. The van der Waals surface area contributed by atoms with E-state index in [-0.39, 0.29) is 9.80 Å². The van der Waals surface area contributed by atoms with Crippen molar-refractivity contribution >= 4 is 44.2 Å². The smallest absolute Gasteiger partial charge is 0.410 e. The molecule has 4 aromatic rings. The predicted molar refractivity (Wildman–Crippen MR) is 166 cm³/mol.